The Bertz CT molecular complexity index is 850. The van der Waals surface area contributed by atoms with Crippen LogP contribution in [0.3, 0.4) is 0 Å². The summed E-state index contributed by atoms with van der Waals surface area (Å²) in [4.78, 5) is 29.1. The zero-order valence-corrected chi connectivity index (χ0v) is 17.9. The van der Waals surface area contributed by atoms with Gasteiger partial charge in [-0.25, -0.2) is 0 Å². The first kappa shape index (κ1) is 20.6. The quantitative estimate of drug-likeness (QED) is 0.680. The molecule has 2 amide bonds. The summed E-state index contributed by atoms with van der Waals surface area (Å²) in [5.74, 6) is 1.42. The van der Waals surface area contributed by atoms with E-state index in [0.717, 1.165) is 56.3 Å². The van der Waals surface area contributed by atoms with Gasteiger partial charge in [-0.3, -0.25) is 9.59 Å². The molecule has 0 N–H and O–H groups in total. The van der Waals surface area contributed by atoms with Crippen LogP contribution >= 0.6 is 0 Å². The highest BCUT2D eigenvalue weighted by atomic mass is 16.2. The molecule has 30 heavy (non-hydrogen) atoms. The van der Waals surface area contributed by atoms with Gasteiger partial charge in [0.05, 0.1) is 0 Å². The lowest BCUT2D eigenvalue weighted by atomic mass is 9.89. The second-order valence-electron chi connectivity index (χ2n) is 8.75. The van der Waals surface area contributed by atoms with Crippen LogP contribution in [-0.4, -0.2) is 41.2 Å². The van der Waals surface area contributed by atoms with Gasteiger partial charge in [-0.2, -0.15) is 0 Å². The van der Waals surface area contributed by atoms with E-state index < -0.39 is 0 Å². The van der Waals surface area contributed by atoms with Crippen LogP contribution in [0.2, 0.25) is 0 Å². The second-order valence-corrected chi connectivity index (χ2v) is 8.75. The van der Waals surface area contributed by atoms with Gasteiger partial charge < -0.3 is 9.80 Å². The lowest BCUT2D eigenvalue weighted by molar-refractivity contribution is -0.133. The molecule has 4 heteroatoms. The Morgan fingerprint density at radius 1 is 0.900 bits per heavy atom. The van der Waals surface area contributed by atoms with Gasteiger partial charge in [-0.05, 0) is 68.2 Å². The summed E-state index contributed by atoms with van der Waals surface area (Å²) in [6.07, 6.45) is 5.37. The first-order chi connectivity index (χ1) is 14.6. The molecule has 4 nitrogen and oxygen atoms in total. The molecule has 1 heterocycles. The van der Waals surface area contributed by atoms with Gasteiger partial charge in [0.2, 0.25) is 5.91 Å². The third-order valence-electron chi connectivity index (χ3n) is 6.46. The van der Waals surface area contributed by atoms with Crippen LogP contribution in [0.15, 0.2) is 54.6 Å². The van der Waals surface area contributed by atoms with Crippen molar-refractivity contribution in [1.82, 2.24) is 9.80 Å². The number of hydrogen-bond donors (Lipinski definition) is 0. The third kappa shape index (κ3) is 5.10. The van der Waals surface area contributed by atoms with Gasteiger partial charge in [0, 0.05) is 37.7 Å². The first-order valence-electron chi connectivity index (χ1n) is 11.3. The molecule has 0 spiro atoms. The molecule has 158 valence electrons. The number of carbonyl (C=O) groups excluding carboxylic acids is 2. The normalized spacial score (nSPS) is 17.0. The van der Waals surface area contributed by atoms with E-state index in [2.05, 4.69) is 29.2 Å². The minimum absolute atomic E-state index is 0.0831. The number of amides is 2. The van der Waals surface area contributed by atoms with Crippen LogP contribution < -0.4 is 0 Å². The maximum absolute atomic E-state index is 12.9. The summed E-state index contributed by atoms with van der Waals surface area (Å²) >= 11 is 0. The molecule has 0 atom stereocenters. The Labute approximate surface area is 179 Å². The van der Waals surface area contributed by atoms with Crippen LogP contribution in [0, 0.1) is 11.8 Å². The van der Waals surface area contributed by atoms with E-state index in [1.807, 2.05) is 42.2 Å². The molecular weight excluding hydrogens is 372 g/mol. The van der Waals surface area contributed by atoms with Gasteiger partial charge in [-0.15, -0.1) is 0 Å². The Morgan fingerprint density at radius 2 is 1.57 bits per heavy atom. The molecule has 0 aromatic heterocycles. The standard InChI is InChI=1S/C26H32N2O2/c1-2-27(19-22-6-4-3-5-7-22)25(29)23-10-8-20(9-11-23)18-21-14-16-28(17-15-21)26(30)24-12-13-24/h3-11,21,24H,2,12-19H2,1H3. The summed E-state index contributed by atoms with van der Waals surface area (Å²) in [5.41, 5.74) is 3.18. The van der Waals surface area contributed by atoms with Crippen LogP contribution in [0.25, 0.3) is 0 Å². The maximum atomic E-state index is 12.9. The fourth-order valence-electron chi connectivity index (χ4n) is 4.38. The van der Waals surface area contributed by atoms with Gasteiger partial charge in [-0.1, -0.05) is 42.5 Å². The predicted octanol–water partition coefficient (Wildman–Crippen LogP) is 4.54. The fourth-order valence-corrected chi connectivity index (χ4v) is 4.38. The number of piperidine rings is 1. The van der Waals surface area contributed by atoms with Crippen LogP contribution in [0.5, 0.6) is 0 Å². The molecule has 1 saturated carbocycles. The van der Waals surface area contributed by atoms with Gasteiger partial charge in [0.25, 0.3) is 5.91 Å². The lowest BCUT2D eigenvalue weighted by Gasteiger charge is -2.32. The largest absolute Gasteiger partial charge is 0.342 e. The van der Waals surface area contributed by atoms with E-state index in [1.165, 1.54) is 5.56 Å². The molecule has 0 unspecified atom stereocenters. The summed E-state index contributed by atoms with van der Waals surface area (Å²) in [7, 11) is 0. The Morgan fingerprint density at radius 3 is 2.17 bits per heavy atom. The highest BCUT2D eigenvalue weighted by molar-refractivity contribution is 5.94. The number of likely N-dealkylation sites (tertiary alicyclic amines) is 1. The average molecular weight is 405 g/mol. The van der Waals surface area contributed by atoms with Crippen molar-refractivity contribution in [3.63, 3.8) is 0 Å². The number of carbonyl (C=O) groups is 2. The average Bonchev–Trinajstić information content (AvgIpc) is 3.64. The number of rotatable bonds is 7. The third-order valence-corrected chi connectivity index (χ3v) is 6.46. The fraction of sp³-hybridized carbons (Fsp3) is 0.462. The van der Waals surface area contributed by atoms with E-state index in [4.69, 9.17) is 0 Å². The molecule has 0 bridgehead atoms. The van der Waals surface area contributed by atoms with Crippen LogP contribution in [0.4, 0.5) is 0 Å². The Hall–Kier alpha value is -2.62. The number of benzene rings is 2. The van der Waals surface area contributed by atoms with Crippen molar-refractivity contribution >= 4 is 11.8 Å². The van der Waals surface area contributed by atoms with Crippen molar-refractivity contribution < 1.29 is 9.59 Å². The van der Waals surface area contributed by atoms with Crippen LogP contribution in [0.1, 0.15) is 54.1 Å². The molecule has 1 aliphatic carbocycles. The summed E-state index contributed by atoms with van der Waals surface area (Å²) < 4.78 is 0. The van der Waals surface area contributed by atoms with Gasteiger partial charge in [0.15, 0.2) is 0 Å². The molecule has 2 aromatic carbocycles. The zero-order chi connectivity index (χ0) is 20.9. The van der Waals surface area contributed by atoms with Crippen molar-refractivity contribution in [2.75, 3.05) is 19.6 Å². The maximum Gasteiger partial charge on any atom is 0.254 e. The summed E-state index contributed by atoms with van der Waals surface area (Å²) in [6, 6.07) is 18.3. The monoisotopic (exact) mass is 404 g/mol. The molecule has 2 aromatic rings. The van der Waals surface area contributed by atoms with Gasteiger partial charge in [0.1, 0.15) is 0 Å². The Kier molecular flexibility index (Phi) is 6.51. The van der Waals surface area contributed by atoms with Crippen molar-refractivity contribution in [1.29, 1.82) is 0 Å². The summed E-state index contributed by atoms with van der Waals surface area (Å²) in [6.45, 7) is 5.16. The summed E-state index contributed by atoms with van der Waals surface area (Å²) in [5, 5.41) is 0. The minimum Gasteiger partial charge on any atom is -0.342 e. The minimum atomic E-state index is 0.0831. The van der Waals surface area contributed by atoms with E-state index in [9.17, 15) is 9.59 Å². The number of nitrogens with zero attached hydrogens (tertiary/aromatic N) is 2. The van der Waals surface area contributed by atoms with Crippen LogP contribution in [-0.2, 0) is 17.8 Å². The molecule has 2 fully saturated rings. The van der Waals surface area contributed by atoms with Crippen molar-refractivity contribution in [3.05, 3.63) is 71.3 Å². The van der Waals surface area contributed by atoms with Crippen molar-refractivity contribution in [3.8, 4) is 0 Å². The predicted molar refractivity (Wildman–Crippen MR) is 119 cm³/mol. The SMILES string of the molecule is CCN(Cc1ccccc1)C(=O)c1ccc(CC2CCN(C(=O)C3CC3)CC2)cc1. The van der Waals surface area contributed by atoms with Gasteiger partial charge >= 0.3 is 0 Å². The number of hydrogen-bond acceptors (Lipinski definition) is 2. The highest BCUT2D eigenvalue weighted by Crippen LogP contribution is 2.33. The molecule has 4 rings (SSSR count). The molecule has 1 saturated heterocycles. The van der Waals surface area contributed by atoms with E-state index >= 15 is 0 Å². The molecule has 0 radical (unpaired) electrons. The first-order valence-corrected chi connectivity index (χ1v) is 11.3. The topological polar surface area (TPSA) is 40.6 Å². The lowest BCUT2D eigenvalue weighted by Crippen LogP contribution is -2.39. The highest BCUT2D eigenvalue weighted by Gasteiger charge is 2.34. The molecule has 1 aliphatic heterocycles. The molecular formula is C26H32N2O2. The Balaban J connectivity index is 1.30. The van der Waals surface area contributed by atoms with E-state index in [-0.39, 0.29) is 5.91 Å². The van der Waals surface area contributed by atoms with Crippen molar-refractivity contribution in [2.24, 2.45) is 11.8 Å². The molecule has 2 aliphatic rings. The van der Waals surface area contributed by atoms with E-state index in [0.29, 0.717) is 30.8 Å². The second kappa shape index (κ2) is 9.46. The van der Waals surface area contributed by atoms with Crippen molar-refractivity contribution in [2.45, 2.75) is 45.6 Å². The smallest absolute Gasteiger partial charge is 0.254 e. The zero-order valence-electron chi connectivity index (χ0n) is 17.9. The van der Waals surface area contributed by atoms with E-state index in [1.54, 1.807) is 0 Å².